The van der Waals surface area contributed by atoms with Crippen LogP contribution < -0.4 is 0 Å². The smallest absolute Gasteiger partial charge is 0.132 e. The fourth-order valence-corrected chi connectivity index (χ4v) is 17.1. The molecule has 424 valence electrons. The summed E-state index contributed by atoms with van der Waals surface area (Å²) in [5, 5.41) is 1.90. The number of aryl methyl sites for hydroxylation is 4. The van der Waals surface area contributed by atoms with Gasteiger partial charge in [-0.25, -0.2) is 8.78 Å². The Morgan fingerprint density at radius 3 is 1.15 bits per heavy atom. The predicted octanol–water partition coefficient (Wildman–Crippen LogP) is 24.9. The van der Waals surface area contributed by atoms with E-state index in [9.17, 15) is 0 Å². The molecule has 0 fully saturated rings. The molecule has 0 spiro atoms. The first-order chi connectivity index (χ1) is 38.2. The first kappa shape index (κ1) is 60.5. The molecule has 2 unspecified atom stereocenters. The van der Waals surface area contributed by atoms with Crippen LogP contribution in [0.3, 0.4) is 0 Å². The second-order valence-electron chi connectivity index (χ2n) is 23.1. The van der Waals surface area contributed by atoms with Gasteiger partial charge in [0.15, 0.2) is 0 Å². The third kappa shape index (κ3) is 14.7. The zero-order valence-corrected chi connectivity index (χ0v) is 52.7. The number of thiophene rings is 4. The second-order valence-corrected chi connectivity index (χ2v) is 27.6. The summed E-state index contributed by atoms with van der Waals surface area (Å²) in [6.45, 7) is 20.0. The van der Waals surface area contributed by atoms with Gasteiger partial charge in [-0.2, -0.15) is 0 Å². The third-order valence-electron chi connectivity index (χ3n) is 17.1. The van der Waals surface area contributed by atoms with Crippen LogP contribution in [0.4, 0.5) is 8.78 Å². The van der Waals surface area contributed by atoms with Gasteiger partial charge in [0.25, 0.3) is 0 Å². The van der Waals surface area contributed by atoms with Gasteiger partial charge in [-0.15, -0.1) is 45.3 Å². The topological polar surface area (TPSA) is 9.86 Å². The molecule has 0 aliphatic heterocycles. The highest BCUT2D eigenvalue weighted by Crippen LogP contribution is 2.48. The number of rotatable bonds is 36. The van der Waals surface area contributed by atoms with Crippen molar-refractivity contribution in [1.29, 1.82) is 0 Å². The third-order valence-corrected chi connectivity index (χ3v) is 22.1. The van der Waals surface area contributed by atoms with Gasteiger partial charge in [0, 0.05) is 74.0 Å². The maximum Gasteiger partial charge on any atom is 0.132 e. The SMILES string of the molecule is CCCCCCc1ccc(-c2sc(-c3cc4c(cc3F)c3c(c5cc(F)c(-c6cc(CC(CC)CCCC)c(-c7ccc(CCCCCC)s7)s6)cc5n3CCCCCC)n4CCCCCC)cc2CC(CC)CCCC)s1. The first-order valence-electron chi connectivity index (χ1n) is 31.6. The standard InChI is InChI=1S/C70H96F2N2S4/c1-9-17-23-27-33-53-35-37-63(75-53)69-51(41-49(15-7)31-21-13-5)43-65(77-69)55-47-61-57(45-59(55)71)67-68(73(61)39-29-25-19-11-3)58-46-60(72)56(48-62(58)74(67)40-30-26-20-12-4)66-44-52(42-50(16-8)32-22-14-6)70(78-66)64-38-36-54(76-64)34-28-24-18-10-2/h35-38,43-50H,9-34,39-42H2,1-8H3. The molecule has 0 saturated heterocycles. The Morgan fingerprint density at radius 1 is 0.397 bits per heavy atom. The maximum absolute atomic E-state index is 17.6. The Kier molecular flexibility index (Phi) is 23.7. The Bertz CT molecular complexity index is 2890. The molecule has 0 aliphatic carbocycles. The molecule has 2 nitrogen and oxygen atoms in total. The molecule has 6 heterocycles. The predicted molar refractivity (Wildman–Crippen MR) is 346 cm³/mol. The van der Waals surface area contributed by atoms with E-state index >= 15 is 8.78 Å². The average Bonchev–Trinajstić information content (AvgIpc) is 4.36. The van der Waals surface area contributed by atoms with E-state index in [1.54, 1.807) is 22.7 Å². The number of benzene rings is 2. The fourth-order valence-electron chi connectivity index (χ4n) is 12.3. The van der Waals surface area contributed by atoms with Gasteiger partial charge in [-0.1, -0.05) is 184 Å². The number of hydrogen-bond donors (Lipinski definition) is 0. The van der Waals surface area contributed by atoms with Gasteiger partial charge in [0.2, 0.25) is 0 Å². The summed E-state index contributed by atoms with van der Waals surface area (Å²) in [6.07, 6.45) is 33.0. The Hall–Kier alpha value is -3.56. The lowest BCUT2D eigenvalue weighted by Gasteiger charge is -2.14. The van der Waals surface area contributed by atoms with Crippen LogP contribution in [0.15, 0.2) is 60.7 Å². The molecular formula is C70H96F2N2S4. The molecule has 78 heavy (non-hydrogen) atoms. The minimum absolute atomic E-state index is 0.164. The summed E-state index contributed by atoms with van der Waals surface area (Å²) in [4.78, 5) is 10.3. The van der Waals surface area contributed by atoms with Crippen molar-refractivity contribution in [2.45, 2.75) is 248 Å². The molecule has 0 radical (unpaired) electrons. The van der Waals surface area contributed by atoms with E-state index in [0.29, 0.717) is 23.0 Å². The van der Waals surface area contributed by atoms with Gasteiger partial charge < -0.3 is 9.13 Å². The lowest BCUT2D eigenvalue weighted by Crippen LogP contribution is -2.03. The average molecular weight is 1130 g/mol. The minimum Gasteiger partial charge on any atom is -0.339 e. The molecular weight excluding hydrogens is 1040 g/mol. The van der Waals surface area contributed by atoms with Crippen molar-refractivity contribution in [3.63, 3.8) is 0 Å². The monoisotopic (exact) mass is 1130 g/mol. The van der Waals surface area contributed by atoms with Crippen LogP contribution in [0.5, 0.6) is 0 Å². The summed E-state index contributed by atoms with van der Waals surface area (Å²) in [6, 6.07) is 22.2. The summed E-state index contributed by atoms with van der Waals surface area (Å²) in [7, 11) is 0. The van der Waals surface area contributed by atoms with E-state index in [1.807, 2.05) is 34.8 Å². The Morgan fingerprint density at radius 2 is 0.782 bits per heavy atom. The van der Waals surface area contributed by atoms with E-state index < -0.39 is 0 Å². The lowest BCUT2D eigenvalue weighted by molar-refractivity contribution is 0.450. The minimum atomic E-state index is -0.164. The molecule has 0 bridgehead atoms. The normalized spacial score (nSPS) is 12.9. The van der Waals surface area contributed by atoms with Gasteiger partial charge >= 0.3 is 0 Å². The van der Waals surface area contributed by atoms with Crippen molar-refractivity contribution in [2.75, 3.05) is 0 Å². The van der Waals surface area contributed by atoms with Crippen molar-refractivity contribution in [2.24, 2.45) is 11.8 Å². The van der Waals surface area contributed by atoms with E-state index in [-0.39, 0.29) is 11.6 Å². The van der Waals surface area contributed by atoms with Crippen LogP contribution in [0, 0.1) is 23.5 Å². The highest BCUT2D eigenvalue weighted by molar-refractivity contribution is 7.24. The van der Waals surface area contributed by atoms with Crippen LogP contribution in [0.2, 0.25) is 0 Å². The van der Waals surface area contributed by atoms with Crippen molar-refractivity contribution in [1.82, 2.24) is 9.13 Å². The summed E-state index contributed by atoms with van der Waals surface area (Å²) in [5.74, 6) is 0.879. The van der Waals surface area contributed by atoms with Crippen molar-refractivity contribution >= 4 is 78.2 Å². The number of unbranched alkanes of at least 4 members (excludes halogenated alkanes) is 14. The number of hydrogen-bond acceptors (Lipinski definition) is 4. The Balaban J connectivity index is 1.27. The molecule has 8 heteroatoms. The number of halogens is 2. The summed E-state index contributed by atoms with van der Waals surface area (Å²) < 4.78 is 40.2. The van der Waals surface area contributed by atoms with E-state index in [2.05, 4.69) is 113 Å². The first-order valence-corrected chi connectivity index (χ1v) is 34.9. The quantitative estimate of drug-likeness (QED) is 0.0347. The van der Waals surface area contributed by atoms with Crippen LogP contribution in [0.1, 0.15) is 230 Å². The number of fused-ring (bicyclic) bond motifs is 5. The zero-order valence-electron chi connectivity index (χ0n) is 49.4. The van der Waals surface area contributed by atoms with Crippen LogP contribution in [0.25, 0.3) is 73.2 Å². The van der Waals surface area contributed by atoms with Gasteiger partial charge in [0.1, 0.15) is 11.6 Å². The maximum atomic E-state index is 17.6. The van der Waals surface area contributed by atoms with E-state index in [0.717, 1.165) is 133 Å². The molecule has 8 rings (SSSR count). The molecule has 0 aliphatic rings. The molecule has 6 aromatic heterocycles. The van der Waals surface area contributed by atoms with Crippen LogP contribution in [-0.4, -0.2) is 9.13 Å². The van der Waals surface area contributed by atoms with E-state index in [1.165, 1.54) is 143 Å². The molecule has 0 N–H and O–H groups in total. The van der Waals surface area contributed by atoms with Crippen molar-refractivity contribution in [3.05, 3.63) is 93.2 Å². The number of nitrogens with zero attached hydrogens (tertiary/aromatic N) is 2. The largest absolute Gasteiger partial charge is 0.339 e. The number of aromatic nitrogens is 2. The Labute approximate surface area is 486 Å². The van der Waals surface area contributed by atoms with Crippen molar-refractivity contribution in [3.8, 4) is 40.4 Å². The second kappa shape index (κ2) is 30.5. The zero-order chi connectivity index (χ0) is 55.0. The summed E-state index contributed by atoms with van der Waals surface area (Å²) >= 11 is 7.49. The van der Waals surface area contributed by atoms with Gasteiger partial charge in [-0.05, 0) is 135 Å². The highest BCUT2D eigenvalue weighted by Gasteiger charge is 2.27. The molecule has 8 aromatic rings. The van der Waals surface area contributed by atoms with Crippen LogP contribution >= 0.6 is 45.3 Å². The molecule has 0 amide bonds. The van der Waals surface area contributed by atoms with Gasteiger partial charge in [0.05, 0.1) is 22.1 Å². The fraction of sp³-hybridized carbons (Fsp3) is 0.571. The lowest BCUT2D eigenvalue weighted by atomic mass is 9.91. The van der Waals surface area contributed by atoms with E-state index in [4.69, 9.17) is 0 Å². The highest BCUT2D eigenvalue weighted by atomic mass is 32.1. The van der Waals surface area contributed by atoms with Crippen molar-refractivity contribution < 1.29 is 8.78 Å². The van der Waals surface area contributed by atoms with Gasteiger partial charge in [-0.3, -0.25) is 0 Å². The molecule has 2 aromatic carbocycles. The summed E-state index contributed by atoms with van der Waals surface area (Å²) in [5.41, 5.74) is 8.40. The molecule has 2 atom stereocenters. The van der Waals surface area contributed by atoms with Crippen LogP contribution in [-0.2, 0) is 38.8 Å². The molecule has 0 saturated carbocycles.